The number of nitrogens with zero attached hydrogens (tertiary/aromatic N) is 1. The van der Waals surface area contributed by atoms with Crippen molar-refractivity contribution >= 4 is 51.6 Å². The van der Waals surface area contributed by atoms with Gasteiger partial charge in [0.05, 0.1) is 26.3 Å². The SMILES string of the molecule is Nc1c(Cl)cc2oc(-c3cc(F)c(F)cc3Cl)nc2c1Cl. The summed E-state index contributed by atoms with van der Waals surface area (Å²) >= 11 is 17.8. The van der Waals surface area contributed by atoms with Crippen LogP contribution in [0.15, 0.2) is 22.6 Å². The number of nitrogen functional groups attached to an aromatic ring is 1. The van der Waals surface area contributed by atoms with Crippen molar-refractivity contribution < 1.29 is 13.2 Å². The molecule has 0 radical (unpaired) electrons. The number of fused-ring (bicyclic) bond motifs is 1. The van der Waals surface area contributed by atoms with Gasteiger partial charge in [0.25, 0.3) is 0 Å². The molecule has 0 atom stereocenters. The van der Waals surface area contributed by atoms with E-state index in [0.717, 1.165) is 12.1 Å². The molecule has 0 aliphatic rings. The molecule has 0 fully saturated rings. The molecule has 0 aliphatic carbocycles. The van der Waals surface area contributed by atoms with Gasteiger partial charge in [0.15, 0.2) is 17.2 Å². The predicted octanol–water partition coefficient (Wildman–Crippen LogP) is 5.32. The molecule has 8 heteroatoms. The number of anilines is 1. The Morgan fingerprint density at radius 3 is 2.38 bits per heavy atom. The summed E-state index contributed by atoms with van der Waals surface area (Å²) in [5, 5.41) is 0.272. The summed E-state index contributed by atoms with van der Waals surface area (Å²) in [6.45, 7) is 0. The number of hydrogen-bond donors (Lipinski definition) is 1. The Morgan fingerprint density at radius 1 is 1.00 bits per heavy atom. The Kier molecular flexibility index (Phi) is 3.43. The molecule has 0 saturated carbocycles. The van der Waals surface area contributed by atoms with Crippen molar-refractivity contribution in [2.24, 2.45) is 0 Å². The second-order valence-electron chi connectivity index (χ2n) is 4.20. The minimum Gasteiger partial charge on any atom is -0.436 e. The molecule has 0 unspecified atom stereocenters. The lowest BCUT2D eigenvalue weighted by Crippen LogP contribution is -1.89. The molecule has 108 valence electrons. The maximum Gasteiger partial charge on any atom is 0.228 e. The van der Waals surface area contributed by atoms with Gasteiger partial charge in [-0.25, -0.2) is 13.8 Å². The van der Waals surface area contributed by atoms with E-state index in [9.17, 15) is 8.78 Å². The van der Waals surface area contributed by atoms with E-state index >= 15 is 0 Å². The fraction of sp³-hybridized carbons (Fsp3) is 0. The van der Waals surface area contributed by atoms with Crippen LogP contribution in [0.3, 0.4) is 0 Å². The largest absolute Gasteiger partial charge is 0.436 e. The number of benzene rings is 2. The molecule has 2 N–H and O–H groups in total. The standard InChI is InChI=1S/C13H5Cl3F2N2O/c14-5-2-8(18)7(17)1-4(5)13-20-12-9(21-13)3-6(15)11(19)10(12)16/h1-3H,19H2. The van der Waals surface area contributed by atoms with E-state index in [0.29, 0.717) is 0 Å². The summed E-state index contributed by atoms with van der Waals surface area (Å²) in [7, 11) is 0. The fourth-order valence-corrected chi connectivity index (χ4v) is 2.52. The summed E-state index contributed by atoms with van der Waals surface area (Å²) in [5.41, 5.74) is 6.46. The average molecular weight is 350 g/mol. The lowest BCUT2D eigenvalue weighted by Gasteiger charge is -2.00. The third-order valence-electron chi connectivity index (χ3n) is 2.85. The molecule has 1 aromatic heterocycles. The Morgan fingerprint density at radius 2 is 1.67 bits per heavy atom. The molecule has 0 aliphatic heterocycles. The molecule has 0 saturated heterocycles. The van der Waals surface area contributed by atoms with Crippen LogP contribution in [0.5, 0.6) is 0 Å². The Labute approximate surface area is 132 Å². The van der Waals surface area contributed by atoms with Gasteiger partial charge in [-0.2, -0.15) is 0 Å². The molecule has 3 aromatic rings. The highest BCUT2D eigenvalue weighted by atomic mass is 35.5. The van der Waals surface area contributed by atoms with Crippen molar-refractivity contribution in [3.8, 4) is 11.5 Å². The van der Waals surface area contributed by atoms with Gasteiger partial charge in [0.1, 0.15) is 5.52 Å². The van der Waals surface area contributed by atoms with Gasteiger partial charge in [0.2, 0.25) is 5.89 Å². The topological polar surface area (TPSA) is 52.0 Å². The van der Waals surface area contributed by atoms with Gasteiger partial charge in [-0.15, -0.1) is 0 Å². The Balaban J connectivity index is 2.27. The van der Waals surface area contributed by atoms with Crippen LogP contribution in [0, 0.1) is 11.6 Å². The third kappa shape index (κ3) is 2.31. The lowest BCUT2D eigenvalue weighted by atomic mass is 10.2. The summed E-state index contributed by atoms with van der Waals surface area (Å²) in [6.07, 6.45) is 0. The van der Waals surface area contributed by atoms with E-state index in [1.807, 2.05) is 0 Å². The van der Waals surface area contributed by atoms with Crippen LogP contribution in [0.2, 0.25) is 15.1 Å². The first-order valence-corrected chi connectivity index (χ1v) is 6.70. The molecule has 0 spiro atoms. The zero-order valence-corrected chi connectivity index (χ0v) is 12.3. The van der Waals surface area contributed by atoms with E-state index in [1.165, 1.54) is 6.07 Å². The normalized spacial score (nSPS) is 11.3. The van der Waals surface area contributed by atoms with Crippen molar-refractivity contribution in [3.63, 3.8) is 0 Å². The number of oxazole rings is 1. The van der Waals surface area contributed by atoms with Crippen LogP contribution in [-0.4, -0.2) is 4.98 Å². The van der Waals surface area contributed by atoms with Crippen LogP contribution >= 0.6 is 34.8 Å². The van der Waals surface area contributed by atoms with Crippen molar-refractivity contribution in [2.45, 2.75) is 0 Å². The first-order chi connectivity index (χ1) is 9.88. The lowest BCUT2D eigenvalue weighted by molar-refractivity contribution is 0.508. The average Bonchev–Trinajstić information content (AvgIpc) is 2.84. The highest BCUT2D eigenvalue weighted by Gasteiger charge is 2.19. The third-order valence-corrected chi connectivity index (χ3v) is 3.86. The van der Waals surface area contributed by atoms with Crippen molar-refractivity contribution in [1.82, 2.24) is 4.98 Å². The number of nitrogens with two attached hydrogens (primary N) is 1. The van der Waals surface area contributed by atoms with Gasteiger partial charge in [-0.1, -0.05) is 34.8 Å². The summed E-state index contributed by atoms with van der Waals surface area (Å²) in [5.74, 6) is -2.15. The van der Waals surface area contributed by atoms with Gasteiger partial charge in [0, 0.05) is 6.07 Å². The maximum atomic E-state index is 13.3. The van der Waals surface area contributed by atoms with E-state index in [2.05, 4.69) is 4.98 Å². The number of aromatic nitrogens is 1. The smallest absolute Gasteiger partial charge is 0.228 e. The number of hydrogen-bond acceptors (Lipinski definition) is 3. The van der Waals surface area contributed by atoms with Crippen LogP contribution in [-0.2, 0) is 0 Å². The zero-order valence-electron chi connectivity index (χ0n) is 10.1. The van der Waals surface area contributed by atoms with Crippen molar-refractivity contribution in [3.05, 3.63) is 44.9 Å². The van der Waals surface area contributed by atoms with Gasteiger partial charge >= 0.3 is 0 Å². The predicted molar refractivity (Wildman–Crippen MR) is 78.8 cm³/mol. The highest BCUT2D eigenvalue weighted by Crippen LogP contribution is 2.38. The van der Waals surface area contributed by atoms with Crippen molar-refractivity contribution in [2.75, 3.05) is 5.73 Å². The van der Waals surface area contributed by atoms with Crippen LogP contribution in [0.25, 0.3) is 22.6 Å². The fourth-order valence-electron chi connectivity index (χ4n) is 1.81. The Hall–Kier alpha value is -1.56. The van der Waals surface area contributed by atoms with Crippen LogP contribution in [0.1, 0.15) is 0 Å². The second-order valence-corrected chi connectivity index (χ2v) is 5.39. The van der Waals surface area contributed by atoms with E-state index in [4.69, 9.17) is 45.0 Å². The summed E-state index contributed by atoms with van der Waals surface area (Å²) in [4.78, 5) is 4.11. The highest BCUT2D eigenvalue weighted by molar-refractivity contribution is 6.42. The summed E-state index contributed by atoms with van der Waals surface area (Å²) < 4.78 is 31.9. The van der Waals surface area contributed by atoms with E-state index < -0.39 is 11.6 Å². The molecule has 2 aromatic carbocycles. The molecular weight excluding hydrogens is 345 g/mol. The van der Waals surface area contributed by atoms with Gasteiger partial charge < -0.3 is 10.2 Å². The van der Waals surface area contributed by atoms with Crippen LogP contribution in [0.4, 0.5) is 14.5 Å². The first kappa shape index (κ1) is 14.4. The minimum atomic E-state index is -1.07. The zero-order chi connectivity index (χ0) is 15.3. The van der Waals surface area contributed by atoms with Crippen molar-refractivity contribution in [1.29, 1.82) is 0 Å². The first-order valence-electron chi connectivity index (χ1n) is 5.57. The molecule has 3 nitrogen and oxygen atoms in total. The van der Waals surface area contributed by atoms with E-state index in [1.54, 1.807) is 0 Å². The van der Waals surface area contributed by atoms with Crippen LogP contribution < -0.4 is 5.73 Å². The number of rotatable bonds is 1. The molecule has 1 heterocycles. The quantitative estimate of drug-likeness (QED) is 0.478. The number of halogens is 5. The second kappa shape index (κ2) is 5.02. The van der Waals surface area contributed by atoms with Gasteiger partial charge in [-0.3, -0.25) is 0 Å². The van der Waals surface area contributed by atoms with E-state index in [-0.39, 0.29) is 43.3 Å². The maximum absolute atomic E-state index is 13.3. The summed E-state index contributed by atoms with van der Waals surface area (Å²) in [6, 6.07) is 3.16. The molecule has 0 amide bonds. The molecule has 0 bridgehead atoms. The van der Waals surface area contributed by atoms with Gasteiger partial charge in [-0.05, 0) is 12.1 Å². The monoisotopic (exact) mass is 348 g/mol. The molecule has 21 heavy (non-hydrogen) atoms. The Bertz CT molecular complexity index is 880. The minimum absolute atomic E-state index is 0.0162. The molecule has 3 rings (SSSR count). The molecular formula is C13H5Cl3F2N2O.